The Morgan fingerprint density at radius 2 is 0.784 bits per heavy atom. The molecule has 125 heavy (non-hydrogen) atoms. The molecule has 20 heterocycles. The average Bonchev–Trinajstić information content (AvgIpc) is 1.67. The van der Waals surface area contributed by atoms with Gasteiger partial charge in [-0.25, -0.2) is 64.0 Å². The molecule has 0 aliphatic carbocycles. The number of nitrogens with zero attached hydrogens (tertiary/aromatic N) is 23. The Labute approximate surface area is 716 Å². The van der Waals surface area contributed by atoms with Crippen LogP contribution in [-0.4, -0.2) is 183 Å². The lowest BCUT2D eigenvalue weighted by Gasteiger charge is -2.45. The standard InChI is InChI=1S/C22H23N7O2.C22H24N6OS.2C21H18F3N7O/c1-14-12-15(7-9-23-14)17-5-6-18-20(25-17)29(16-4-3-11-28(18)13-16)22(30)27-19-8-10-24-21(26-19)31-2;1-13-11-16(8-9-23-13)18-6-7-19-20(25-18)28(17-5-4-10-27(19)12-17)22(29)26-21-24-14(2)15(3)30-21;22-21(23,24)17-11-13(6-9-25-17)15-4-5-16-18(28-15)31(14-3-1-10-30(16)12-14)20(32)29-19-26-7-2-8-27-19;22-21(23,24)17-10-13(5-6-26-17)15-3-4-16-19(28-15)31(14-2-1-9-30(16)12-14)20(32)29-18-11-25-7-8-27-18/h5-10,12,16H,3-4,11,13H2,1-2H3,(H,24,26,27,30);6-9,11,17H,4-5,10,12H2,1-3H3,(H,24,26,29);2,4-9,11,14H,1,3,10,12H2,(H,26,27,29,32);3-8,10-11,14H,1-2,9,12H2,(H,27,29,32)/t16-;17-;2*14-/m0000/s1. The van der Waals surface area contributed by atoms with Gasteiger partial charge in [0.2, 0.25) is 5.95 Å². The zero-order valence-corrected chi connectivity index (χ0v) is 69.1. The number of anilines is 12. The second-order valence-corrected chi connectivity index (χ2v) is 32.0. The summed E-state index contributed by atoms with van der Waals surface area (Å²) in [6, 6.07) is 30.0. The van der Waals surface area contributed by atoms with E-state index in [1.54, 1.807) is 69.7 Å². The van der Waals surface area contributed by atoms with Crippen LogP contribution in [0.5, 0.6) is 6.01 Å². The number of hydrogen-bond acceptors (Lipinski definition) is 25. The first-order chi connectivity index (χ1) is 60.4. The minimum atomic E-state index is -4.56. The lowest BCUT2D eigenvalue weighted by molar-refractivity contribution is -0.141. The van der Waals surface area contributed by atoms with Crippen LogP contribution in [0.3, 0.4) is 0 Å². The fourth-order valence-electron chi connectivity index (χ4n) is 16.7. The van der Waals surface area contributed by atoms with E-state index >= 15 is 0 Å². The molecule has 640 valence electrons. The Balaban J connectivity index is 0.000000118. The SMILES string of the molecule is COc1nccc(NC(=O)N2c3nc(-c4ccnc(C)c4)ccc3N3CCC[C@H]2C3)n1.Cc1cc(-c2ccc3c(n2)N(C(=O)Nc2nc(C)c(C)s2)[C@H]2CCCN3C2)ccn1.O=C(Nc1cnccn1)N1c2nc(-c3ccnc(C(F)(F)F)c3)ccc2N2CCC[C@H]1C2.O=C(Nc1ncccn1)N1c2nc(-c3ccnc(C(F)(F)F)c3)ccc2N2CCC[C@H]1C2. The van der Waals surface area contributed by atoms with Crippen molar-refractivity contribution in [2.75, 3.05) is 120 Å². The molecule has 4 saturated heterocycles. The Morgan fingerprint density at radius 3 is 1.16 bits per heavy atom. The van der Waals surface area contributed by atoms with Gasteiger partial charge in [-0.1, -0.05) is 0 Å². The number of urea groups is 4. The number of methoxy groups -OCH3 is 1. The van der Waals surface area contributed by atoms with Crippen LogP contribution < -0.4 is 65.2 Å². The van der Waals surface area contributed by atoms with Crippen molar-refractivity contribution >= 4 is 104 Å². The molecular formula is C86H83F6N27O5S. The van der Waals surface area contributed by atoms with Gasteiger partial charge in [-0.3, -0.25) is 65.8 Å². The fraction of sp³-hybridized carbons (Fsp3) is 0.314. The largest absolute Gasteiger partial charge is 0.467 e. The van der Waals surface area contributed by atoms with E-state index in [1.165, 1.54) is 61.6 Å². The third-order valence-electron chi connectivity index (χ3n) is 22.6. The van der Waals surface area contributed by atoms with E-state index in [1.807, 2.05) is 69.0 Å². The number of amides is 8. The number of ether oxygens (including phenoxy) is 1. The maximum absolute atomic E-state index is 13.4. The molecule has 20 rings (SSSR count). The number of rotatable bonds is 9. The van der Waals surface area contributed by atoms with Crippen molar-refractivity contribution in [1.82, 2.24) is 74.8 Å². The van der Waals surface area contributed by atoms with E-state index in [0.29, 0.717) is 58.7 Å². The van der Waals surface area contributed by atoms with Crippen molar-refractivity contribution in [3.8, 4) is 51.0 Å². The van der Waals surface area contributed by atoms with Gasteiger partial charge in [0.1, 0.15) is 17.2 Å². The van der Waals surface area contributed by atoms with Crippen molar-refractivity contribution in [2.24, 2.45) is 0 Å². The smallest absolute Gasteiger partial charge is 0.433 e. The molecule has 4 atom stereocenters. The van der Waals surface area contributed by atoms with Gasteiger partial charge in [-0.15, -0.1) is 11.3 Å². The van der Waals surface area contributed by atoms with Gasteiger partial charge in [-0.05, 0) is 188 Å². The lowest BCUT2D eigenvalue weighted by atomic mass is 9.99. The molecule has 4 fully saturated rings. The van der Waals surface area contributed by atoms with E-state index in [9.17, 15) is 45.5 Å². The number of piperidine rings is 4. The highest BCUT2D eigenvalue weighted by Crippen LogP contribution is 2.46. The van der Waals surface area contributed by atoms with Gasteiger partial charge in [-0.2, -0.15) is 31.3 Å². The number of halogens is 6. The van der Waals surface area contributed by atoms with Crippen molar-refractivity contribution in [1.29, 1.82) is 0 Å². The van der Waals surface area contributed by atoms with Crippen LogP contribution in [0.4, 0.5) is 114 Å². The monoisotopic (exact) mass is 1720 g/mol. The van der Waals surface area contributed by atoms with E-state index in [2.05, 4.69) is 118 Å². The fourth-order valence-corrected chi connectivity index (χ4v) is 17.5. The van der Waals surface area contributed by atoms with Gasteiger partial charge in [0.25, 0.3) is 0 Å². The Hall–Kier alpha value is -14.3. The number of hydrogen-bond donors (Lipinski definition) is 4. The molecule has 12 aromatic heterocycles. The molecule has 0 unspecified atom stereocenters. The molecule has 8 aliphatic heterocycles. The molecule has 0 aromatic carbocycles. The van der Waals surface area contributed by atoms with Crippen LogP contribution in [0, 0.1) is 27.7 Å². The van der Waals surface area contributed by atoms with Gasteiger partial charge >= 0.3 is 42.5 Å². The van der Waals surface area contributed by atoms with Gasteiger partial charge < -0.3 is 24.3 Å². The molecule has 8 aliphatic rings. The molecule has 32 nitrogen and oxygen atoms in total. The second-order valence-electron chi connectivity index (χ2n) is 30.8. The number of alkyl halides is 6. The van der Waals surface area contributed by atoms with Crippen LogP contribution in [0.1, 0.15) is 84.7 Å². The molecule has 0 saturated carbocycles. The maximum atomic E-state index is 13.4. The van der Waals surface area contributed by atoms with E-state index in [-0.39, 0.29) is 59.3 Å². The first-order valence-electron chi connectivity index (χ1n) is 40.6. The quantitative estimate of drug-likeness (QED) is 0.0975. The van der Waals surface area contributed by atoms with Crippen molar-refractivity contribution in [2.45, 2.75) is 116 Å². The summed E-state index contributed by atoms with van der Waals surface area (Å²) < 4.78 is 83.8. The van der Waals surface area contributed by atoms with Crippen molar-refractivity contribution in [3.63, 3.8) is 0 Å². The highest BCUT2D eigenvalue weighted by molar-refractivity contribution is 7.15. The van der Waals surface area contributed by atoms with Gasteiger partial charge in [0, 0.05) is 147 Å². The highest BCUT2D eigenvalue weighted by atomic mass is 32.1. The molecule has 12 aromatic rings. The summed E-state index contributed by atoms with van der Waals surface area (Å²) in [4.78, 5) is 133. The van der Waals surface area contributed by atoms with Gasteiger partial charge in [0.05, 0.1) is 88.7 Å². The van der Waals surface area contributed by atoms with Crippen molar-refractivity contribution in [3.05, 3.63) is 205 Å². The number of carbonyl (C=O) groups is 4. The number of carbonyl (C=O) groups excluding carboxylic acids is 4. The Kier molecular flexibility index (Phi) is 23.4. The zero-order chi connectivity index (χ0) is 86.8. The maximum Gasteiger partial charge on any atom is 0.433 e. The predicted molar refractivity (Wildman–Crippen MR) is 461 cm³/mol. The van der Waals surface area contributed by atoms with Crippen LogP contribution >= 0.6 is 11.3 Å². The molecular weight excluding hydrogens is 1640 g/mol. The normalized spacial score (nSPS) is 17.5. The molecule has 0 spiro atoms. The summed E-state index contributed by atoms with van der Waals surface area (Å²) in [7, 11) is 1.49. The van der Waals surface area contributed by atoms with E-state index in [0.717, 1.165) is 188 Å². The zero-order valence-electron chi connectivity index (χ0n) is 68.3. The Morgan fingerprint density at radius 1 is 0.400 bits per heavy atom. The molecule has 0 radical (unpaired) electrons. The third-order valence-corrected chi connectivity index (χ3v) is 23.6. The number of fused-ring (bicyclic) bond motifs is 16. The lowest BCUT2D eigenvalue weighted by Crippen LogP contribution is -2.56. The summed E-state index contributed by atoms with van der Waals surface area (Å²) in [6.07, 6.45) is 13.1. The average molecular weight is 1720 g/mol. The van der Waals surface area contributed by atoms with Crippen LogP contribution in [-0.2, 0) is 12.4 Å². The Bertz CT molecular complexity index is 5820. The molecule has 8 amide bonds. The minimum absolute atomic E-state index is 0.0481. The number of aryl methyl sites for hydroxylation is 4. The summed E-state index contributed by atoms with van der Waals surface area (Å²) in [6.45, 7) is 14.5. The third kappa shape index (κ3) is 18.0. The highest BCUT2D eigenvalue weighted by Gasteiger charge is 2.44. The summed E-state index contributed by atoms with van der Waals surface area (Å²) >= 11 is 1.51. The van der Waals surface area contributed by atoms with E-state index in [4.69, 9.17) is 14.7 Å². The van der Waals surface area contributed by atoms with Crippen LogP contribution in [0.2, 0.25) is 0 Å². The molecule has 4 N–H and O–H groups in total. The first-order valence-corrected chi connectivity index (χ1v) is 41.5. The summed E-state index contributed by atoms with van der Waals surface area (Å²) in [5, 5.41) is 12.0. The van der Waals surface area contributed by atoms with E-state index < -0.39 is 35.8 Å². The van der Waals surface area contributed by atoms with Crippen LogP contribution in [0.25, 0.3) is 45.0 Å². The van der Waals surface area contributed by atoms with Crippen LogP contribution in [0.15, 0.2) is 171 Å². The summed E-state index contributed by atoms with van der Waals surface area (Å²) in [5.74, 6) is 3.05. The molecule has 8 bridgehead atoms. The van der Waals surface area contributed by atoms with Gasteiger partial charge in [0.15, 0.2) is 34.2 Å². The molecule has 39 heteroatoms. The topological polar surface area (TPSA) is 345 Å². The summed E-state index contributed by atoms with van der Waals surface area (Å²) in [5.41, 5.74) is 9.18. The first kappa shape index (κ1) is 83.0. The minimum Gasteiger partial charge on any atom is -0.467 e. The number of thiazole rings is 1. The predicted octanol–water partition coefficient (Wildman–Crippen LogP) is 15.8. The van der Waals surface area contributed by atoms with Crippen molar-refractivity contribution < 1.29 is 50.3 Å². The number of aromatic nitrogens is 15. The number of nitrogens with one attached hydrogen (secondary N) is 4. The number of pyridine rings is 8. The second kappa shape index (κ2) is 35.3.